The molecule has 0 saturated carbocycles. The fourth-order valence-corrected chi connectivity index (χ4v) is 9.66. The van der Waals surface area contributed by atoms with E-state index in [9.17, 15) is 0 Å². The van der Waals surface area contributed by atoms with Gasteiger partial charge in [0, 0.05) is 61.2 Å². The van der Waals surface area contributed by atoms with Crippen LogP contribution in [0.25, 0.3) is 89.4 Å². The van der Waals surface area contributed by atoms with Gasteiger partial charge in [0.15, 0.2) is 0 Å². The lowest BCUT2D eigenvalue weighted by atomic mass is 9.88. The quantitative estimate of drug-likeness (QED) is 0.135. The van der Waals surface area contributed by atoms with Crippen LogP contribution in [0.4, 0.5) is 22.7 Å². The average molecular weight is 845 g/mol. The summed E-state index contributed by atoms with van der Waals surface area (Å²) in [6, 6.07) is 86.8. The molecule has 0 radical (unpaired) electrons. The largest absolute Gasteiger partial charge is 0.356 e. The van der Waals surface area contributed by atoms with E-state index in [1.165, 1.54) is 43.6 Å². The van der Waals surface area contributed by atoms with Gasteiger partial charge in [-0.1, -0.05) is 164 Å². The summed E-state index contributed by atoms with van der Waals surface area (Å²) in [7, 11) is 0. The third-order valence-electron chi connectivity index (χ3n) is 12.7. The minimum Gasteiger partial charge on any atom is -0.356 e. The molecule has 2 heterocycles. The van der Waals surface area contributed by atoms with Crippen LogP contribution in [0.3, 0.4) is 0 Å². The third kappa shape index (κ3) is 7.08. The molecule has 0 aliphatic carbocycles. The van der Waals surface area contributed by atoms with E-state index in [2.05, 4.69) is 256 Å². The molecule has 0 bridgehead atoms. The molecule has 0 aliphatic rings. The molecule has 10 aromatic carbocycles. The second-order valence-corrected chi connectivity index (χ2v) is 16.7. The van der Waals surface area contributed by atoms with E-state index in [0.717, 1.165) is 67.5 Å². The summed E-state index contributed by atoms with van der Waals surface area (Å²) in [5, 5.41) is 12.3. The standard InChI is InChI=1S/C62H44N4/c1-3-15-47(16-4-1)63-49-36-28-43(29-37-49)27-30-44-35-42-56(64-48-17-5-2-6-18-48)62(46-33-40-51(41-34-46)66-59-25-13-9-21-54(59)55-22-10-14-26-60(55)66)61(44)45-31-38-50(39-32-45)65-57-23-11-7-19-52(57)53-20-8-12-24-58(53)65/h1-42,63-64H. The molecule has 66 heavy (non-hydrogen) atoms. The van der Waals surface area contributed by atoms with E-state index in [0.29, 0.717) is 0 Å². The summed E-state index contributed by atoms with van der Waals surface area (Å²) in [5.41, 5.74) is 17.9. The van der Waals surface area contributed by atoms with Crippen LogP contribution in [0.1, 0.15) is 11.1 Å². The molecule has 0 spiro atoms. The van der Waals surface area contributed by atoms with Crippen LogP contribution < -0.4 is 10.6 Å². The maximum atomic E-state index is 3.83. The minimum absolute atomic E-state index is 1.03. The summed E-state index contributed by atoms with van der Waals surface area (Å²) in [6.07, 6.45) is 4.48. The molecule has 4 heteroatoms. The van der Waals surface area contributed by atoms with Crippen LogP contribution in [0.5, 0.6) is 0 Å². The topological polar surface area (TPSA) is 33.9 Å². The first-order valence-electron chi connectivity index (χ1n) is 22.5. The van der Waals surface area contributed by atoms with Crippen molar-refractivity contribution < 1.29 is 0 Å². The summed E-state index contributed by atoms with van der Waals surface area (Å²) in [6.45, 7) is 0. The highest BCUT2D eigenvalue weighted by Crippen LogP contribution is 2.44. The first-order valence-corrected chi connectivity index (χ1v) is 22.5. The summed E-state index contributed by atoms with van der Waals surface area (Å²) in [4.78, 5) is 0. The van der Waals surface area contributed by atoms with Gasteiger partial charge in [-0.25, -0.2) is 0 Å². The SMILES string of the molecule is C(=Cc1ccc(Nc2ccccc2)c(-c2ccc(-n3c4ccccc4c4ccccc43)cc2)c1-c1ccc(-n2c3ccccc3c3ccccc32)cc1)c1ccc(Nc2ccccc2)cc1. The molecule has 12 rings (SSSR count). The summed E-state index contributed by atoms with van der Waals surface area (Å²) < 4.78 is 4.76. The molecule has 0 atom stereocenters. The number of fused-ring (bicyclic) bond motifs is 6. The molecule has 0 aliphatic heterocycles. The fraction of sp³-hybridized carbons (Fsp3) is 0. The van der Waals surface area contributed by atoms with Crippen molar-refractivity contribution in [1.29, 1.82) is 0 Å². The fourth-order valence-electron chi connectivity index (χ4n) is 9.66. The van der Waals surface area contributed by atoms with Crippen molar-refractivity contribution >= 4 is 78.5 Å². The molecule has 12 aromatic rings. The van der Waals surface area contributed by atoms with Gasteiger partial charge < -0.3 is 19.8 Å². The van der Waals surface area contributed by atoms with Crippen molar-refractivity contribution in [3.05, 3.63) is 254 Å². The first-order chi connectivity index (χ1) is 32.7. The van der Waals surface area contributed by atoms with Crippen LogP contribution >= 0.6 is 0 Å². The Balaban J connectivity index is 1.02. The number of benzene rings is 10. The van der Waals surface area contributed by atoms with Gasteiger partial charge >= 0.3 is 0 Å². The predicted molar refractivity (Wildman–Crippen MR) is 281 cm³/mol. The number of rotatable bonds is 10. The number of anilines is 4. The van der Waals surface area contributed by atoms with Crippen LogP contribution in [-0.2, 0) is 0 Å². The van der Waals surface area contributed by atoms with Gasteiger partial charge in [0.25, 0.3) is 0 Å². The Kier molecular flexibility index (Phi) is 9.81. The second-order valence-electron chi connectivity index (χ2n) is 16.7. The van der Waals surface area contributed by atoms with Crippen molar-refractivity contribution in [2.45, 2.75) is 0 Å². The Morgan fingerprint density at radius 3 is 1.15 bits per heavy atom. The Labute approximate surface area is 384 Å². The third-order valence-corrected chi connectivity index (χ3v) is 12.7. The average Bonchev–Trinajstić information content (AvgIpc) is 3.90. The molecule has 0 fully saturated rings. The monoisotopic (exact) mass is 844 g/mol. The van der Waals surface area contributed by atoms with Gasteiger partial charge in [-0.15, -0.1) is 0 Å². The van der Waals surface area contributed by atoms with Crippen molar-refractivity contribution in [3.63, 3.8) is 0 Å². The van der Waals surface area contributed by atoms with Gasteiger partial charge in [-0.05, 0) is 119 Å². The Hall–Kier alpha value is -8.86. The number of hydrogen-bond acceptors (Lipinski definition) is 2. The van der Waals surface area contributed by atoms with Crippen LogP contribution in [0, 0.1) is 0 Å². The van der Waals surface area contributed by atoms with Gasteiger partial charge in [0.2, 0.25) is 0 Å². The first kappa shape index (κ1) is 38.8. The van der Waals surface area contributed by atoms with Crippen molar-refractivity contribution in [3.8, 4) is 33.6 Å². The molecule has 312 valence electrons. The van der Waals surface area contributed by atoms with Crippen LogP contribution in [0.15, 0.2) is 243 Å². The molecule has 4 nitrogen and oxygen atoms in total. The lowest BCUT2D eigenvalue weighted by molar-refractivity contribution is 1.18. The van der Waals surface area contributed by atoms with E-state index in [4.69, 9.17) is 0 Å². The number of nitrogens with one attached hydrogen (secondary N) is 2. The van der Waals surface area contributed by atoms with E-state index < -0.39 is 0 Å². The molecule has 2 N–H and O–H groups in total. The lowest BCUT2D eigenvalue weighted by Gasteiger charge is -2.21. The highest BCUT2D eigenvalue weighted by atomic mass is 15.0. The minimum atomic E-state index is 1.03. The number of aromatic nitrogens is 2. The van der Waals surface area contributed by atoms with Crippen molar-refractivity contribution in [1.82, 2.24) is 9.13 Å². The zero-order valence-corrected chi connectivity index (χ0v) is 36.1. The van der Waals surface area contributed by atoms with Gasteiger partial charge in [0.05, 0.1) is 22.1 Å². The van der Waals surface area contributed by atoms with E-state index >= 15 is 0 Å². The van der Waals surface area contributed by atoms with Gasteiger partial charge in [0.1, 0.15) is 0 Å². The molecular formula is C62H44N4. The van der Waals surface area contributed by atoms with E-state index in [1.54, 1.807) is 0 Å². The van der Waals surface area contributed by atoms with Crippen molar-refractivity contribution in [2.75, 3.05) is 10.6 Å². The highest BCUT2D eigenvalue weighted by Gasteiger charge is 2.19. The van der Waals surface area contributed by atoms with E-state index in [1.807, 2.05) is 18.2 Å². The number of nitrogens with zero attached hydrogens (tertiary/aromatic N) is 2. The van der Waals surface area contributed by atoms with Crippen molar-refractivity contribution in [2.24, 2.45) is 0 Å². The predicted octanol–water partition coefficient (Wildman–Crippen LogP) is 16.9. The van der Waals surface area contributed by atoms with Gasteiger partial charge in [-0.3, -0.25) is 0 Å². The van der Waals surface area contributed by atoms with Crippen LogP contribution in [0.2, 0.25) is 0 Å². The maximum absolute atomic E-state index is 3.83. The summed E-state index contributed by atoms with van der Waals surface area (Å²) >= 11 is 0. The Bertz CT molecular complexity index is 3600. The molecule has 2 aromatic heterocycles. The molecule has 0 unspecified atom stereocenters. The molecule has 0 saturated heterocycles. The maximum Gasteiger partial charge on any atom is 0.0541 e. The Morgan fingerprint density at radius 1 is 0.288 bits per heavy atom. The summed E-state index contributed by atoms with van der Waals surface area (Å²) in [5.74, 6) is 0. The molecular weight excluding hydrogens is 801 g/mol. The highest BCUT2D eigenvalue weighted by molar-refractivity contribution is 6.10. The second kappa shape index (κ2) is 16.7. The van der Waals surface area contributed by atoms with E-state index in [-0.39, 0.29) is 0 Å². The number of hydrogen-bond donors (Lipinski definition) is 2. The zero-order valence-electron chi connectivity index (χ0n) is 36.1. The Morgan fingerprint density at radius 2 is 0.682 bits per heavy atom. The smallest absolute Gasteiger partial charge is 0.0541 e. The lowest BCUT2D eigenvalue weighted by Crippen LogP contribution is -1.99. The number of para-hydroxylation sites is 6. The van der Waals surface area contributed by atoms with Gasteiger partial charge in [-0.2, -0.15) is 0 Å². The normalized spacial score (nSPS) is 11.6. The van der Waals surface area contributed by atoms with Crippen LogP contribution in [-0.4, -0.2) is 9.13 Å². The molecule has 0 amide bonds. The zero-order chi connectivity index (χ0) is 43.8.